The highest BCUT2D eigenvalue weighted by Gasteiger charge is 2.07. The van der Waals surface area contributed by atoms with Crippen LogP contribution >= 0.6 is 0 Å². The van der Waals surface area contributed by atoms with Crippen molar-refractivity contribution >= 4 is 11.9 Å². The molecule has 0 radical (unpaired) electrons. The zero-order chi connectivity index (χ0) is 14.1. The number of nitrogens with one attached hydrogen (secondary N) is 1. The highest BCUT2D eigenvalue weighted by Crippen LogP contribution is 2.10. The number of amides is 1. The lowest BCUT2D eigenvalue weighted by atomic mass is 10.0. The summed E-state index contributed by atoms with van der Waals surface area (Å²) in [6, 6.07) is 7.72. The van der Waals surface area contributed by atoms with Crippen molar-refractivity contribution in [3.05, 3.63) is 35.4 Å². The normalized spacial score (nSPS) is 10.2. The molecule has 5 nitrogen and oxygen atoms in total. The molecule has 0 aliphatic heterocycles. The number of carbonyl (C=O) groups excluding carboxylic acids is 2. The largest absolute Gasteiger partial charge is 0.469 e. The van der Waals surface area contributed by atoms with Gasteiger partial charge in [-0.15, -0.1) is 0 Å². The molecule has 3 N–H and O–H groups in total. The molecular weight excluding hydrogens is 244 g/mol. The number of ether oxygens (including phenoxy) is 1. The summed E-state index contributed by atoms with van der Waals surface area (Å²) in [5.74, 6) is -0.533. The Hall–Kier alpha value is -1.88. The van der Waals surface area contributed by atoms with Gasteiger partial charge in [0.05, 0.1) is 13.5 Å². The number of rotatable bonds is 8. The molecule has 1 amide bonds. The number of primary amides is 1. The molecule has 0 aliphatic rings. The van der Waals surface area contributed by atoms with Gasteiger partial charge in [0.2, 0.25) is 5.91 Å². The summed E-state index contributed by atoms with van der Waals surface area (Å²) in [6.45, 7) is 1.38. The Labute approximate surface area is 113 Å². The van der Waals surface area contributed by atoms with E-state index in [1.54, 1.807) is 0 Å². The lowest BCUT2D eigenvalue weighted by Crippen LogP contribution is -2.19. The Morgan fingerprint density at radius 3 is 2.58 bits per heavy atom. The van der Waals surface area contributed by atoms with Gasteiger partial charge in [0.25, 0.3) is 0 Å². The summed E-state index contributed by atoms with van der Waals surface area (Å²) in [5.41, 5.74) is 7.08. The zero-order valence-electron chi connectivity index (χ0n) is 11.1. The van der Waals surface area contributed by atoms with E-state index in [2.05, 4.69) is 10.1 Å². The molecule has 0 unspecified atom stereocenters. The first kappa shape index (κ1) is 15.2. The van der Waals surface area contributed by atoms with Gasteiger partial charge in [0.15, 0.2) is 0 Å². The van der Waals surface area contributed by atoms with Gasteiger partial charge in [-0.1, -0.05) is 24.3 Å². The lowest BCUT2D eigenvalue weighted by molar-refractivity contribution is -0.139. The van der Waals surface area contributed by atoms with Crippen LogP contribution in [0, 0.1) is 0 Å². The molecule has 0 aliphatic carbocycles. The Morgan fingerprint density at radius 2 is 1.95 bits per heavy atom. The topological polar surface area (TPSA) is 81.4 Å². The van der Waals surface area contributed by atoms with E-state index in [1.807, 2.05) is 24.3 Å². The van der Waals surface area contributed by atoms with Crippen molar-refractivity contribution in [3.8, 4) is 0 Å². The van der Waals surface area contributed by atoms with Crippen LogP contribution in [0.5, 0.6) is 0 Å². The van der Waals surface area contributed by atoms with E-state index < -0.39 is 0 Å². The zero-order valence-corrected chi connectivity index (χ0v) is 11.1. The van der Waals surface area contributed by atoms with Crippen LogP contribution < -0.4 is 11.1 Å². The maximum atomic E-state index is 11.3. The number of carbonyl (C=O) groups is 2. The van der Waals surface area contributed by atoms with E-state index in [-0.39, 0.29) is 18.3 Å². The number of hydrogen-bond acceptors (Lipinski definition) is 4. The third-order valence-corrected chi connectivity index (χ3v) is 2.77. The van der Waals surface area contributed by atoms with E-state index in [0.717, 1.165) is 17.7 Å². The van der Waals surface area contributed by atoms with Gasteiger partial charge >= 0.3 is 5.97 Å². The summed E-state index contributed by atoms with van der Waals surface area (Å²) in [5, 5.41) is 3.23. The molecular formula is C14H20N2O3. The average molecular weight is 264 g/mol. The van der Waals surface area contributed by atoms with Gasteiger partial charge in [-0.3, -0.25) is 9.59 Å². The monoisotopic (exact) mass is 264 g/mol. The van der Waals surface area contributed by atoms with E-state index in [0.29, 0.717) is 19.4 Å². The summed E-state index contributed by atoms with van der Waals surface area (Å²) in [4.78, 5) is 21.9. The second kappa shape index (κ2) is 8.26. The minimum absolute atomic E-state index is 0.249. The predicted molar refractivity (Wildman–Crippen MR) is 72.3 cm³/mol. The summed E-state index contributed by atoms with van der Waals surface area (Å²) in [7, 11) is 1.38. The fourth-order valence-corrected chi connectivity index (χ4v) is 1.74. The molecule has 0 fully saturated rings. The van der Waals surface area contributed by atoms with E-state index in [4.69, 9.17) is 5.73 Å². The number of hydrogen-bond donors (Lipinski definition) is 2. The minimum atomic E-state index is -0.284. The Morgan fingerprint density at radius 1 is 1.26 bits per heavy atom. The van der Waals surface area contributed by atoms with Gasteiger partial charge in [-0.25, -0.2) is 0 Å². The molecule has 5 heteroatoms. The van der Waals surface area contributed by atoms with Crippen LogP contribution in [0.25, 0.3) is 0 Å². The van der Waals surface area contributed by atoms with Gasteiger partial charge in [0.1, 0.15) is 0 Å². The highest BCUT2D eigenvalue weighted by atomic mass is 16.5. The van der Waals surface area contributed by atoms with Crippen molar-refractivity contribution in [1.82, 2.24) is 5.32 Å². The molecule has 0 saturated carbocycles. The van der Waals surface area contributed by atoms with E-state index >= 15 is 0 Å². The lowest BCUT2D eigenvalue weighted by Gasteiger charge is -2.09. The van der Waals surface area contributed by atoms with Gasteiger partial charge in [0, 0.05) is 13.0 Å². The quantitative estimate of drug-likeness (QED) is 0.536. The first-order chi connectivity index (χ1) is 9.13. The maximum Gasteiger partial charge on any atom is 0.309 e. The fraction of sp³-hybridized carbons (Fsp3) is 0.429. The van der Waals surface area contributed by atoms with Crippen molar-refractivity contribution in [3.63, 3.8) is 0 Å². The SMILES string of the molecule is COC(=O)Cc1ccccc1CNCCCC(N)=O. The molecule has 0 spiro atoms. The van der Waals surface area contributed by atoms with Gasteiger partial charge < -0.3 is 15.8 Å². The molecule has 19 heavy (non-hydrogen) atoms. The molecule has 0 heterocycles. The molecule has 0 saturated heterocycles. The van der Waals surface area contributed by atoms with E-state index in [9.17, 15) is 9.59 Å². The molecule has 1 aromatic rings. The summed E-state index contributed by atoms with van der Waals surface area (Å²) >= 11 is 0. The number of benzene rings is 1. The van der Waals surface area contributed by atoms with Crippen molar-refractivity contribution in [2.75, 3.05) is 13.7 Å². The maximum absolute atomic E-state index is 11.3. The first-order valence-electron chi connectivity index (χ1n) is 6.26. The van der Waals surface area contributed by atoms with Crippen molar-refractivity contribution in [1.29, 1.82) is 0 Å². The van der Waals surface area contributed by atoms with Crippen LogP contribution in [-0.4, -0.2) is 25.5 Å². The molecule has 0 atom stereocenters. The van der Waals surface area contributed by atoms with Crippen molar-refractivity contribution in [2.24, 2.45) is 5.73 Å². The van der Waals surface area contributed by atoms with Crippen LogP contribution in [-0.2, 0) is 27.3 Å². The Kier molecular flexibility index (Phi) is 6.60. The molecule has 1 aromatic carbocycles. The van der Waals surface area contributed by atoms with Gasteiger partial charge in [-0.2, -0.15) is 0 Å². The van der Waals surface area contributed by atoms with Crippen LogP contribution in [0.15, 0.2) is 24.3 Å². The van der Waals surface area contributed by atoms with Crippen molar-refractivity contribution < 1.29 is 14.3 Å². The third-order valence-electron chi connectivity index (χ3n) is 2.77. The van der Waals surface area contributed by atoms with Gasteiger partial charge in [-0.05, 0) is 24.1 Å². The molecule has 1 rings (SSSR count). The Bertz CT molecular complexity index is 432. The van der Waals surface area contributed by atoms with Crippen LogP contribution in [0.2, 0.25) is 0 Å². The molecule has 104 valence electrons. The number of methoxy groups -OCH3 is 1. The second-order valence-electron chi connectivity index (χ2n) is 4.27. The first-order valence-corrected chi connectivity index (χ1v) is 6.26. The Balaban J connectivity index is 2.44. The minimum Gasteiger partial charge on any atom is -0.469 e. The number of esters is 1. The van der Waals surface area contributed by atoms with Crippen LogP contribution in [0.3, 0.4) is 0 Å². The summed E-state index contributed by atoms with van der Waals surface area (Å²) in [6.07, 6.45) is 1.38. The summed E-state index contributed by atoms with van der Waals surface area (Å²) < 4.78 is 4.67. The third kappa shape index (κ3) is 6.01. The smallest absolute Gasteiger partial charge is 0.309 e. The molecule has 0 aromatic heterocycles. The standard InChI is InChI=1S/C14H20N2O3/c1-19-14(18)9-11-5-2-3-6-12(11)10-16-8-4-7-13(15)17/h2-3,5-6,16H,4,7-10H2,1H3,(H2,15,17). The second-order valence-corrected chi connectivity index (χ2v) is 4.27. The molecule has 0 bridgehead atoms. The predicted octanol–water partition coefficient (Wildman–Crippen LogP) is 0.757. The number of nitrogens with two attached hydrogens (primary N) is 1. The van der Waals surface area contributed by atoms with Crippen LogP contribution in [0.4, 0.5) is 0 Å². The van der Waals surface area contributed by atoms with Crippen molar-refractivity contribution in [2.45, 2.75) is 25.8 Å². The van der Waals surface area contributed by atoms with E-state index in [1.165, 1.54) is 7.11 Å². The average Bonchev–Trinajstić information content (AvgIpc) is 2.39. The highest BCUT2D eigenvalue weighted by molar-refractivity contribution is 5.73. The van der Waals surface area contributed by atoms with Crippen LogP contribution in [0.1, 0.15) is 24.0 Å². The fourth-order valence-electron chi connectivity index (χ4n) is 1.74.